The Balaban J connectivity index is 1.99. The third kappa shape index (κ3) is 2.10. The van der Waals surface area contributed by atoms with Crippen molar-refractivity contribution in [1.82, 2.24) is 5.32 Å². The first-order chi connectivity index (χ1) is 6.38. The van der Waals surface area contributed by atoms with Gasteiger partial charge in [0, 0.05) is 4.88 Å². The Bertz CT molecular complexity index is 241. The molecule has 72 valence electrons. The molecule has 13 heavy (non-hydrogen) atoms. The molecule has 0 saturated carbocycles. The standard InChI is InChI=1S/C10H15NOS/c12-10(9-2-1-7-13-9)8-3-5-11-6-4-8/h1-2,7-8,10-12H,3-6H2/t10-/m1/s1. The van der Waals surface area contributed by atoms with Gasteiger partial charge in [-0.1, -0.05) is 6.07 Å². The molecule has 0 aromatic carbocycles. The zero-order valence-electron chi connectivity index (χ0n) is 7.57. The van der Waals surface area contributed by atoms with Gasteiger partial charge in [0.2, 0.25) is 0 Å². The minimum atomic E-state index is -0.234. The molecular weight excluding hydrogens is 182 g/mol. The average molecular weight is 197 g/mol. The second-order valence-corrected chi connectivity index (χ2v) is 4.53. The highest BCUT2D eigenvalue weighted by atomic mass is 32.1. The van der Waals surface area contributed by atoms with Crippen LogP contribution in [-0.2, 0) is 0 Å². The van der Waals surface area contributed by atoms with Gasteiger partial charge in [-0.25, -0.2) is 0 Å². The van der Waals surface area contributed by atoms with E-state index in [2.05, 4.69) is 5.32 Å². The van der Waals surface area contributed by atoms with Crippen molar-refractivity contribution in [2.45, 2.75) is 18.9 Å². The highest BCUT2D eigenvalue weighted by Crippen LogP contribution is 2.30. The number of hydrogen-bond donors (Lipinski definition) is 2. The maximum absolute atomic E-state index is 10.0. The summed E-state index contributed by atoms with van der Waals surface area (Å²) < 4.78 is 0. The Kier molecular flexibility index (Phi) is 2.98. The van der Waals surface area contributed by atoms with E-state index >= 15 is 0 Å². The number of rotatable bonds is 2. The third-order valence-corrected chi connectivity index (χ3v) is 3.61. The summed E-state index contributed by atoms with van der Waals surface area (Å²) >= 11 is 1.65. The molecule has 1 aliphatic heterocycles. The lowest BCUT2D eigenvalue weighted by Crippen LogP contribution is -2.30. The molecule has 0 aliphatic carbocycles. The summed E-state index contributed by atoms with van der Waals surface area (Å²) in [6.45, 7) is 2.10. The number of nitrogens with one attached hydrogen (secondary N) is 1. The van der Waals surface area contributed by atoms with Crippen LogP contribution >= 0.6 is 11.3 Å². The fraction of sp³-hybridized carbons (Fsp3) is 0.600. The SMILES string of the molecule is O[C@@H](c1cccs1)C1CCNCC1. The fourth-order valence-corrected chi connectivity index (χ4v) is 2.66. The van der Waals surface area contributed by atoms with E-state index in [0.29, 0.717) is 5.92 Å². The van der Waals surface area contributed by atoms with Gasteiger partial charge in [0.15, 0.2) is 0 Å². The van der Waals surface area contributed by atoms with E-state index in [1.165, 1.54) is 0 Å². The average Bonchev–Trinajstić information content (AvgIpc) is 2.71. The molecule has 2 rings (SSSR count). The molecule has 1 fully saturated rings. The smallest absolute Gasteiger partial charge is 0.0910 e. The minimum Gasteiger partial charge on any atom is -0.387 e. The van der Waals surface area contributed by atoms with Crippen molar-refractivity contribution in [2.75, 3.05) is 13.1 Å². The van der Waals surface area contributed by atoms with Gasteiger partial charge in [-0.15, -0.1) is 11.3 Å². The van der Waals surface area contributed by atoms with Crippen LogP contribution in [0.5, 0.6) is 0 Å². The lowest BCUT2D eigenvalue weighted by Gasteiger charge is -2.26. The predicted octanol–water partition coefficient (Wildman–Crippen LogP) is 1.78. The summed E-state index contributed by atoms with van der Waals surface area (Å²) in [6.07, 6.45) is 1.96. The van der Waals surface area contributed by atoms with Crippen molar-refractivity contribution >= 4 is 11.3 Å². The Morgan fingerprint density at radius 3 is 2.85 bits per heavy atom. The number of hydrogen-bond acceptors (Lipinski definition) is 3. The van der Waals surface area contributed by atoms with Crippen LogP contribution in [0.4, 0.5) is 0 Å². The van der Waals surface area contributed by atoms with Gasteiger partial charge in [-0.2, -0.15) is 0 Å². The molecule has 0 bridgehead atoms. The quantitative estimate of drug-likeness (QED) is 0.757. The predicted molar refractivity (Wildman–Crippen MR) is 54.9 cm³/mol. The van der Waals surface area contributed by atoms with E-state index in [9.17, 15) is 5.11 Å². The Hall–Kier alpha value is -0.380. The van der Waals surface area contributed by atoms with E-state index in [4.69, 9.17) is 0 Å². The van der Waals surface area contributed by atoms with Gasteiger partial charge in [0.1, 0.15) is 0 Å². The van der Waals surface area contributed by atoms with Crippen molar-refractivity contribution in [2.24, 2.45) is 5.92 Å². The molecule has 0 spiro atoms. The molecular formula is C10H15NOS. The molecule has 0 radical (unpaired) electrons. The molecule has 2 heterocycles. The zero-order chi connectivity index (χ0) is 9.10. The van der Waals surface area contributed by atoms with E-state index in [0.717, 1.165) is 30.8 Å². The maximum Gasteiger partial charge on any atom is 0.0910 e. The van der Waals surface area contributed by atoms with Crippen molar-refractivity contribution in [3.8, 4) is 0 Å². The van der Waals surface area contributed by atoms with Crippen LogP contribution in [0.2, 0.25) is 0 Å². The Morgan fingerprint density at radius 2 is 2.23 bits per heavy atom. The van der Waals surface area contributed by atoms with Gasteiger partial charge in [0.25, 0.3) is 0 Å². The molecule has 0 amide bonds. The van der Waals surface area contributed by atoms with E-state index in [1.807, 2.05) is 17.5 Å². The zero-order valence-corrected chi connectivity index (χ0v) is 8.39. The number of aliphatic hydroxyl groups is 1. The first-order valence-corrected chi connectivity index (χ1v) is 5.68. The molecule has 2 N–H and O–H groups in total. The monoisotopic (exact) mass is 197 g/mol. The van der Waals surface area contributed by atoms with E-state index < -0.39 is 0 Å². The van der Waals surface area contributed by atoms with Crippen molar-refractivity contribution in [3.05, 3.63) is 22.4 Å². The highest BCUT2D eigenvalue weighted by molar-refractivity contribution is 7.10. The van der Waals surface area contributed by atoms with Gasteiger partial charge < -0.3 is 10.4 Å². The fourth-order valence-electron chi connectivity index (χ4n) is 1.85. The molecule has 1 aliphatic rings. The molecule has 0 unspecified atom stereocenters. The molecule has 1 saturated heterocycles. The molecule has 2 nitrogen and oxygen atoms in total. The largest absolute Gasteiger partial charge is 0.387 e. The summed E-state index contributed by atoms with van der Waals surface area (Å²) in [4.78, 5) is 1.12. The van der Waals surface area contributed by atoms with Gasteiger partial charge >= 0.3 is 0 Å². The van der Waals surface area contributed by atoms with Crippen LogP contribution in [0.15, 0.2) is 17.5 Å². The van der Waals surface area contributed by atoms with Crippen LogP contribution in [0.25, 0.3) is 0 Å². The Morgan fingerprint density at radius 1 is 1.46 bits per heavy atom. The van der Waals surface area contributed by atoms with E-state index in [1.54, 1.807) is 11.3 Å². The normalized spacial score (nSPS) is 21.6. The second kappa shape index (κ2) is 4.22. The first-order valence-electron chi connectivity index (χ1n) is 4.80. The van der Waals surface area contributed by atoms with Crippen molar-refractivity contribution < 1.29 is 5.11 Å². The van der Waals surface area contributed by atoms with E-state index in [-0.39, 0.29) is 6.10 Å². The molecule has 1 aromatic rings. The van der Waals surface area contributed by atoms with Crippen LogP contribution in [0.1, 0.15) is 23.8 Å². The summed E-state index contributed by atoms with van der Waals surface area (Å²) in [6, 6.07) is 4.03. The van der Waals surface area contributed by atoms with Crippen LogP contribution in [0.3, 0.4) is 0 Å². The molecule has 3 heteroatoms. The maximum atomic E-state index is 10.0. The summed E-state index contributed by atoms with van der Waals surface area (Å²) in [5.74, 6) is 0.458. The summed E-state index contributed by atoms with van der Waals surface area (Å²) in [5.41, 5.74) is 0. The van der Waals surface area contributed by atoms with Crippen LogP contribution in [-0.4, -0.2) is 18.2 Å². The van der Waals surface area contributed by atoms with Gasteiger partial charge in [0.05, 0.1) is 6.10 Å². The summed E-state index contributed by atoms with van der Waals surface area (Å²) in [7, 11) is 0. The number of piperidine rings is 1. The van der Waals surface area contributed by atoms with Crippen LogP contribution < -0.4 is 5.32 Å². The number of aliphatic hydroxyl groups excluding tert-OH is 1. The second-order valence-electron chi connectivity index (χ2n) is 3.55. The van der Waals surface area contributed by atoms with Crippen molar-refractivity contribution in [1.29, 1.82) is 0 Å². The van der Waals surface area contributed by atoms with Crippen molar-refractivity contribution in [3.63, 3.8) is 0 Å². The molecule has 1 atom stereocenters. The highest BCUT2D eigenvalue weighted by Gasteiger charge is 2.23. The van der Waals surface area contributed by atoms with Gasteiger partial charge in [-0.05, 0) is 43.3 Å². The lowest BCUT2D eigenvalue weighted by atomic mass is 9.91. The summed E-state index contributed by atoms with van der Waals surface area (Å²) in [5, 5.41) is 15.4. The minimum absolute atomic E-state index is 0.234. The lowest BCUT2D eigenvalue weighted by molar-refractivity contribution is 0.0920. The molecule has 1 aromatic heterocycles. The third-order valence-electron chi connectivity index (χ3n) is 2.67. The first kappa shape index (κ1) is 9.19. The van der Waals surface area contributed by atoms with Crippen LogP contribution in [0, 0.1) is 5.92 Å². The van der Waals surface area contributed by atoms with Gasteiger partial charge in [-0.3, -0.25) is 0 Å². The topological polar surface area (TPSA) is 32.3 Å². The number of thiophene rings is 1. The Labute approximate surface area is 82.6 Å².